The molecule has 2 rings (SSSR count). The summed E-state index contributed by atoms with van der Waals surface area (Å²) >= 11 is 5.35. The number of hydrogen-bond donors (Lipinski definition) is 1. The molecule has 0 saturated carbocycles. The predicted octanol–water partition coefficient (Wildman–Crippen LogP) is 3.38. The number of amides is 1. The maximum absolute atomic E-state index is 12.1. The molecule has 1 aromatic rings. The van der Waals surface area contributed by atoms with Crippen LogP contribution in [-0.4, -0.2) is 23.5 Å². The van der Waals surface area contributed by atoms with Gasteiger partial charge < -0.3 is 5.32 Å². The third kappa shape index (κ3) is 3.49. The number of aryl methyl sites for hydroxylation is 1. The van der Waals surface area contributed by atoms with E-state index in [1.807, 2.05) is 36.9 Å². The van der Waals surface area contributed by atoms with E-state index in [2.05, 4.69) is 21.2 Å². The van der Waals surface area contributed by atoms with Gasteiger partial charge in [-0.15, -0.1) is 0 Å². The largest absolute Gasteiger partial charge is 0.348 e. The number of thioether (sulfide) groups is 1. The third-order valence-corrected chi connectivity index (χ3v) is 4.77. The van der Waals surface area contributed by atoms with E-state index in [0.717, 1.165) is 27.8 Å². The fourth-order valence-electron chi connectivity index (χ4n) is 1.93. The molecule has 0 aromatic heterocycles. The fourth-order valence-corrected chi connectivity index (χ4v) is 3.43. The van der Waals surface area contributed by atoms with E-state index >= 15 is 0 Å². The van der Waals surface area contributed by atoms with E-state index in [1.54, 1.807) is 0 Å². The second kappa shape index (κ2) is 5.91. The maximum atomic E-state index is 12.1. The summed E-state index contributed by atoms with van der Waals surface area (Å²) in [4.78, 5) is 12.1. The molecular formula is C13H16BrNOS. The fraction of sp³-hybridized carbons (Fsp3) is 0.462. The zero-order valence-electron chi connectivity index (χ0n) is 9.83. The highest BCUT2D eigenvalue weighted by atomic mass is 79.9. The summed E-state index contributed by atoms with van der Waals surface area (Å²) in [6.07, 6.45) is 2.30. The van der Waals surface area contributed by atoms with Crippen molar-refractivity contribution < 1.29 is 4.79 Å². The van der Waals surface area contributed by atoms with Crippen LogP contribution in [0.3, 0.4) is 0 Å². The van der Waals surface area contributed by atoms with Crippen molar-refractivity contribution in [1.82, 2.24) is 5.32 Å². The smallest absolute Gasteiger partial charge is 0.252 e. The van der Waals surface area contributed by atoms with Crippen LogP contribution in [-0.2, 0) is 0 Å². The Morgan fingerprint density at radius 2 is 2.35 bits per heavy atom. The molecule has 1 saturated heterocycles. The molecule has 0 aliphatic carbocycles. The summed E-state index contributed by atoms with van der Waals surface area (Å²) in [7, 11) is 0. The Morgan fingerprint density at radius 1 is 1.53 bits per heavy atom. The monoisotopic (exact) mass is 313 g/mol. The van der Waals surface area contributed by atoms with Crippen molar-refractivity contribution in [3.63, 3.8) is 0 Å². The quantitative estimate of drug-likeness (QED) is 0.907. The van der Waals surface area contributed by atoms with Crippen LogP contribution in [0, 0.1) is 6.92 Å². The minimum Gasteiger partial charge on any atom is -0.348 e. The molecule has 4 heteroatoms. The second-order valence-electron chi connectivity index (χ2n) is 4.37. The van der Waals surface area contributed by atoms with Gasteiger partial charge in [0.25, 0.3) is 5.91 Å². The second-order valence-corrected chi connectivity index (χ2v) is 6.37. The van der Waals surface area contributed by atoms with Crippen LogP contribution < -0.4 is 5.32 Å². The van der Waals surface area contributed by atoms with Crippen LogP contribution in [0.25, 0.3) is 0 Å². The normalized spacial score (nSPS) is 20.0. The van der Waals surface area contributed by atoms with Gasteiger partial charge in [0.2, 0.25) is 0 Å². The van der Waals surface area contributed by atoms with Gasteiger partial charge in [-0.1, -0.05) is 11.6 Å². The molecule has 1 amide bonds. The molecule has 1 fully saturated rings. The third-order valence-electron chi connectivity index (χ3n) is 2.86. The zero-order chi connectivity index (χ0) is 12.3. The van der Waals surface area contributed by atoms with Gasteiger partial charge in [0, 0.05) is 16.3 Å². The standard InChI is InChI=1S/C13H16BrNOS/c1-9-4-5-12(14)11(7-9)13(16)15-10-3-2-6-17-8-10/h4-5,7,10H,2-3,6,8H2,1H3,(H,15,16). The van der Waals surface area contributed by atoms with Crippen molar-refractivity contribution in [3.8, 4) is 0 Å². The highest BCUT2D eigenvalue weighted by Crippen LogP contribution is 2.20. The van der Waals surface area contributed by atoms with Crippen LogP contribution in [0.5, 0.6) is 0 Å². The summed E-state index contributed by atoms with van der Waals surface area (Å²) in [6.45, 7) is 2.00. The summed E-state index contributed by atoms with van der Waals surface area (Å²) in [5.41, 5.74) is 1.84. The average Bonchev–Trinajstić information content (AvgIpc) is 2.33. The molecule has 0 spiro atoms. The molecule has 1 atom stereocenters. The Morgan fingerprint density at radius 3 is 3.06 bits per heavy atom. The summed E-state index contributed by atoms with van der Waals surface area (Å²) in [6, 6.07) is 6.18. The first kappa shape index (κ1) is 13.0. The number of hydrogen-bond acceptors (Lipinski definition) is 2. The van der Waals surface area contributed by atoms with Crippen molar-refractivity contribution in [1.29, 1.82) is 0 Å². The van der Waals surface area contributed by atoms with Crippen molar-refractivity contribution in [2.75, 3.05) is 11.5 Å². The zero-order valence-corrected chi connectivity index (χ0v) is 12.2. The number of benzene rings is 1. The molecule has 1 aromatic carbocycles. The SMILES string of the molecule is Cc1ccc(Br)c(C(=O)NC2CCCSC2)c1. The van der Waals surface area contributed by atoms with Crippen molar-refractivity contribution >= 4 is 33.6 Å². The highest BCUT2D eigenvalue weighted by molar-refractivity contribution is 9.10. The van der Waals surface area contributed by atoms with Gasteiger partial charge in [0.05, 0.1) is 5.56 Å². The van der Waals surface area contributed by atoms with E-state index in [-0.39, 0.29) is 5.91 Å². The summed E-state index contributed by atoms with van der Waals surface area (Å²) in [5, 5.41) is 3.11. The van der Waals surface area contributed by atoms with Crippen LogP contribution in [0.4, 0.5) is 0 Å². The van der Waals surface area contributed by atoms with Crippen molar-refractivity contribution in [3.05, 3.63) is 33.8 Å². The number of rotatable bonds is 2. The summed E-state index contributed by atoms with van der Waals surface area (Å²) in [5.74, 6) is 2.29. The lowest BCUT2D eigenvalue weighted by Gasteiger charge is -2.22. The van der Waals surface area contributed by atoms with Crippen LogP contribution >= 0.6 is 27.7 Å². The number of halogens is 1. The van der Waals surface area contributed by atoms with E-state index in [9.17, 15) is 4.79 Å². The molecule has 1 N–H and O–H groups in total. The van der Waals surface area contributed by atoms with Gasteiger partial charge in [-0.3, -0.25) is 4.79 Å². The molecule has 1 heterocycles. The first-order valence-electron chi connectivity index (χ1n) is 5.81. The topological polar surface area (TPSA) is 29.1 Å². The van der Waals surface area contributed by atoms with E-state index in [0.29, 0.717) is 6.04 Å². The molecule has 1 aliphatic rings. The average molecular weight is 314 g/mol. The Balaban J connectivity index is 2.05. The molecule has 92 valence electrons. The first-order chi connectivity index (χ1) is 8.16. The van der Waals surface area contributed by atoms with Crippen molar-refractivity contribution in [2.45, 2.75) is 25.8 Å². The summed E-state index contributed by atoms with van der Waals surface area (Å²) < 4.78 is 0.865. The minimum atomic E-state index is 0.0353. The highest BCUT2D eigenvalue weighted by Gasteiger charge is 2.18. The Bertz CT molecular complexity index is 416. The number of carbonyl (C=O) groups excluding carboxylic acids is 1. The van der Waals surface area contributed by atoms with Gasteiger partial charge in [0.15, 0.2) is 0 Å². The molecule has 1 unspecified atom stereocenters. The molecule has 0 radical (unpaired) electrons. The Kier molecular flexibility index (Phi) is 4.51. The first-order valence-corrected chi connectivity index (χ1v) is 7.76. The molecule has 0 bridgehead atoms. The van der Waals surface area contributed by atoms with E-state index in [1.165, 1.54) is 12.2 Å². The maximum Gasteiger partial charge on any atom is 0.252 e. The predicted molar refractivity (Wildman–Crippen MR) is 76.7 cm³/mol. The number of carbonyl (C=O) groups is 1. The van der Waals surface area contributed by atoms with Crippen LogP contribution in [0.1, 0.15) is 28.8 Å². The molecule has 1 aliphatic heterocycles. The van der Waals surface area contributed by atoms with E-state index in [4.69, 9.17) is 0 Å². The minimum absolute atomic E-state index is 0.0353. The van der Waals surface area contributed by atoms with Gasteiger partial charge in [-0.25, -0.2) is 0 Å². The molecule has 2 nitrogen and oxygen atoms in total. The lowest BCUT2D eigenvalue weighted by atomic mass is 10.1. The van der Waals surface area contributed by atoms with Crippen LogP contribution in [0.2, 0.25) is 0 Å². The Labute approximate surface area is 115 Å². The lowest BCUT2D eigenvalue weighted by Crippen LogP contribution is -2.38. The van der Waals surface area contributed by atoms with Crippen molar-refractivity contribution in [2.24, 2.45) is 0 Å². The van der Waals surface area contributed by atoms with E-state index < -0.39 is 0 Å². The number of nitrogens with one attached hydrogen (secondary N) is 1. The van der Waals surface area contributed by atoms with Gasteiger partial charge >= 0.3 is 0 Å². The molecule has 17 heavy (non-hydrogen) atoms. The molecular weight excluding hydrogens is 298 g/mol. The lowest BCUT2D eigenvalue weighted by molar-refractivity contribution is 0.0938. The van der Waals surface area contributed by atoms with Gasteiger partial charge in [-0.05, 0) is 53.6 Å². The van der Waals surface area contributed by atoms with Gasteiger partial charge in [0.1, 0.15) is 0 Å². The Hall–Kier alpha value is -0.480. The van der Waals surface area contributed by atoms with Gasteiger partial charge in [-0.2, -0.15) is 11.8 Å². The van der Waals surface area contributed by atoms with Crippen LogP contribution in [0.15, 0.2) is 22.7 Å².